The first kappa shape index (κ1) is 15.1. The molecule has 2 rings (SSSR count). The number of carbonyl (C=O) groups is 1. The Bertz CT molecular complexity index is 569. The average Bonchev–Trinajstić information content (AvgIpc) is 2.54. The van der Waals surface area contributed by atoms with Crippen molar-refractivity contribution in [2.45, 2.75) is 6.42 Å². The van der Waals surface area contributed by atoms with E-state index in [1.54, 1.807) is 0 Å². The zero-order chi connectivity index (χ0) is 14.9. The number of ether oxygens (including phenoxy) is 1. The van der Waals surface area contributed by atoms with Crippen molar-refractivity contribution in [1.82, 2.24) is 5.32 Å². The Morgan fingerprint density at radius 2 is 1.76 bits per heavy atom. The fourth-order valence-electron chi connectivity index (χ4n) is 1.99. The summed E-state index contributed by atoms with van der Waals surface area (Å²) in [4.78, 5) is 11.4. The van der Waals surface area contributed by atoms with Crippen LogP contribution in [0.15, 0.2) is 54.6 Å². The predicted molar refractivity (Wildman–Crippen MR) is 82.1 cm³/mol. The Kier molecular flexibility index (Phi) is 5.79. The van der Waals surface area contributed by atoms with Gasteiger partial charge in [0, 0.05) is 12.1 Å². The normalized spacial score (nSPS) is 10.1. The molecule has 4 heteroatoms. The second kappa shape index (κ2) is 8.07. The summed E-state index contributed by atoms with van der Waals surface area (Å²) in [5.41, 5.74) is 2.09. The zero-order valence-electron chi connectivity index (χ0n) is 11.8. The second-order valence-corrected chi connectivity index (χ2v) is 4.53. The second-order valence-electron chi connectivity index (χ2n) is 4.53. The van der Waals surface area contributed by atoms with Crippen LogP contribution in [0.1, 0.15) is 6.42 Å². The lowest BCUT2D eigenvalue weighted by molar-refractivity contribution is -0.121. The summed E-state index contributed by atoms with van der Waals surface area (Å²) in [5.74, 6) is 0.639. The Balaban J connectivity index is 1.97. The number of benzene rings is 2. The van der Waals surface area contributed by atoms with Crippen LogP contribution >= 0.6 is 0 Å². The Hall–Kier alpha value is -2.33. The van der Waals surface area contributed by atoms with Gasteiger partial charge in [-0.3, -0.25) is 4.79 Å². The molecular weight excluding hydrogens is 266 g/mol. The first-order chi connectivity index (χ1) is 10.3. The van der Waals surface area contributed by atoms with Crippen LogP contribution in [-0.2, 0) is 4.79 Å². The van der Waals surface area contributed by atoms with Crippen LogP contribution in [-0.4, -0.2) is 30.8 Å². The van der Waals surface area contributed by atoms with Gasteiger partial charge in [0.05, 0.1) is 19.6 Å². The van der Waals surface area contributed by atoms with Crippen molar-refractivity contribution in [1.29, 1.82) is 0 Å². The maximum Gasteiger partial charge on any atom is 0.223 e. The molecule has 1 amide bonds. The number of aliphatic hydroxyl groups excluding tert-OH is 1. The number of para-hydroxylation sites is 1. The molecule has 0 bridgehead atoms. The van der Waals surface area contributed by atoms with E-state index in [-0.39, 0.29) is 25.5 Å². The molecular formula is C17H19NO3. The minimum atomic E-state index is -0.124. The molecule has 0 atom stereocenters. The van der Waals surface area contributed by atoms with Gasteiger partial charge in [0.1, 0.15) is 5.75 Å². The summed E-state index contributed by atoms with van der Waals surface area (Å²) >= 11 is 0. The van der Waals surface area contributed by atoms with Crippen molar-refractivity contribution in [3.8, 4) is 16.9 Å². The summed E-state index contributed by atoms with van der Waals surface area (Å²) in [5, 5.41) is 11.2. The standard InChI is InChI=1S/C17H19NO3/c19-12-11-18-17(20)10-13-21-16-9-5-4-8-15(16)14-6-2-1-3-7-14/h1-9,19H,10-13H2,(H,18,20). The topological polar surface area (TPSA) is 58.6 Å². The van der Waals surface area contributed by atoms with E-state index in [4.69, 9.17) is 9.84 Å². The highest BCUT2D eigenvalue weighted by Crippen LogP contribution is 2.29. The van der Waals surface area contributed by atoms with Gasteiger partial charge in [-0.05, 0) is 11.6 Å². The van der Waals surface area contributed by atoms with Gasteiger partial charge in [-0.1, -0.05) is 48.5 Å². The summed E-state index contributed by atoms with van der Waals surface area (Å²) in [6.45, 7) is 0.532. The van der Waals surface area contributed by atoms with Gasteiger partial charge in [0.25, 0.3) is 0 Å². The largest absolute Gasteiger partial charge is 0.492 e. The van der Waals surface area contributed by atoms with E-state index in [1.165, 1.54) is 0 Å². The molecule has 0 aliphatic carbocycles. The fraction of sp³-hybridized carbons (Fsp3) is 0.235. The third kappa shape index (κ3) is 4.61. The molecule has 2 aromatic carbocycles. The van der Waals surface area contributed by atoms with Crippen LogP contribution in [0.25, 0.3) is 11.1 Å². The molecule has 0 unspecified atom stereocenters. The SMILES string of the molecule is O=C(CCOc1ccccc1-c1ccccc1)NCCO. The number of hydrogen-bond donors (Lipinski definition) is 2. The quantitative estimate of drug-likeness (QED) is 0.820. The summed E-state index contributed by atoms with van der Waals surface area (Å²) in [7, 11) is 0. The zero-order valence-corrected chi connectivity index (χ0v) is 11.8. The van der Waals surface area contributed by atoms with E-state index in [0.717, 1.165) is 16.9 Å². The van der Waals surface area contributed by atoms with Gasteiger partial charge in [0.15, 0.2) is 0 Å². The lowest BCUT2D eigenvalue weighted by atomic mass is 10.1. The Morgan fingerprint density at radius 3 is 2.52 bits per heavy atom. The molecule has 0 aromatic heterocycles. The van der Waals surface area contributed by atoms with Crippen molar-refractivity contribution in [2.24, 2.45) is 0 Å². The van der Waals surface area contributed by atoms with Crippen LogP contribution < -0.4 is 10.1 Å². The monoisotopic (exact) mass is 285 g/mol. The van der Waals surface area contributed by atoms with Crippen LogP contribution in [0.5, 0.6) is 5.75 Å². The van der Waals surface area contributed by atoms with E-state index < -0.39 is 0 Å². The molecule has 0 aliphatic rings. The maximum atomic E-state index is 11.4. The third-order valence-corrected chi connectivity index (χ3v) is 2.99. The van der Waals surface area contributed by atoms with Crippen LogP contribution in [0.2, 0.25) is 0 Å². The number of carbonyl (C=O) groups excluding carboxylic acids is 1. The first-order valence-corrected chi connectivity index (χ1v) is 6.96. The van der Waals surface area contributed by atoms with E-state index in [0.29, 0.717) is 6.61 Å². The smallest absolute Gasteiger partial charge is 0.223 e. The number of amides is 1. The minimum absolute atomic E-state index is 0.0521. The number of hydrogen-bond acceptors (Lipinski definition) is 3. The Labute approximate surface area is 124 Å². The number of nitrogens with one attached hydrogen (secondary N) is 1. The fourth-order valence-corrected chi connectivity index (χ4v) is 1.99. The lowest BCUT2D eigenvalue weighted by Gasteiger charge is -2.11. The minimum Gasteiger partial charge on any atom is -0.492 e. The summed E-state index contributed by atoms with van der Waals surface area (Å²) in [6.07, 6.45) is 0.267. The molecule has 21 heavy (non-hydrogen) atoms. The molecule has 4 nitrogen and oxygen atoms in total. The van der Waals surface area contributed by atoms with Gasteiger partial charge in [-0.15, -0.1) is 0 Å². The van der Waals surface area contributed by atoms with Crippen LogP contribution in [0, 0.1) is 0 Å². The molecule has 0 heterocycles. The molecule has 0 aliphatic heterocycles. The van der Waals surface area contributed by atoms with E-state index in [9.17, 15) is 4.79 Å². The molecule has 0 saturated carbocycles. The van der Waals surface area contributed by atoms with Crippen molar-refractivity contribution >= 4 is 5.91 Å². The van der Waals surface area contributed by atoms with Gasteiger partial charge < -0.3 is 15.2 Å². The van der Waals surface area contributed by atoms with Gasteiger partial charge in [0.2, 0.25) is 5.91 Å². The van der Waals surface area contributed by atoms with Crippen molar-refractivity contribution < 1.29 is 14.6 Å². The highest BCUT2D eigenvalue weighted by atomic mass is 16.5. The number of rotatable bonds is 7. The van der Waals surface area contributed by atoms with E-state index in [2.05, 4.69) is 5.32 Å². The first-order valence-electron chi connectivity index (χ1n) is 6.96. The molecule has 0 spiro atoms. The van der Waals surface area contributed by atoms with Crippen LogP contribution in [0.4, 0.5) is 0 Å². The van der Waals surface area contributed by atoms with Gasteiger partial charge in [-0.2, -0.15) is 0 Å². The molecule has 0 saturated heterocycles. The van der Waals surface area contributed by atoms with E-state index >= 15 is 0 Å². The summed E-state index contributed by atoms with van der Waals surface area (Å²) in [6, 6.07) is 17.7. The highest BCUT2D eigenvalue weighted by Gasteiger charge is 2.06. The predicted octanol–water partition coefficient (Wildman–Crippen LogP) is 2.23. The third-order valence-electron chi connectivity index (χ3n) is 2.99. The van der Waals surface area contributed by atoms with Crippen molar-refractivity contribution in [3.05, 3.63) is 54.6 Å². The van der Waals surface area contributed by atoms with E-state index in [1.807, 2.05) is 54.6 Å². The molecule has 2 N–H and O–H groups in total. The lowest BCUT2D eigenvalue weighted by Crippen LogP contribution is -2.27. The maximum absolute atomic E-state index is 11.4. The molecule has 0 fully saturated rings. The van der Waals surface area contributed by atoms with Gasteiger partial charge >= 0.3 is 0 Å². The molecule has 2 aromatic rings. The van der Waals surface area contributed by atoms with Crippen molar-refractivity contribution in [3.63, 3.8) is 0 Å². The molecule has 0 radical (unpaired) electrons. The van der Waals surface area contributed by atoms with Crippen molar-refractivity contribution in [2.75, 3.05) is 19.8 Å². The molecule has 110 valence electrons. The van der Waals surface area contributed by atoms with Crippen LogP contribution in [0.3, 0.4) is 0 Å². The Morgan fingerprint density at radius 1 is 1.05 bits per heavy atom. The van der Waals surface area contributed by atoms with Gasteiger partial charge in [-0.25, -0.2) is 0 Å². The summed E-state index contributed by atoms with van der Waals surface area (Å²) < 4.78 is 5.72. The highest BCUT2D eigenvalue weighted by molar-refractivity contribution is 5.76. The average molecular weight is 285 g/mol. The number of aliphatic hydroxyl groups is 1.